The van der Waals surface area contributed by atoms with Crippen LogP contribution in [0.25, 0.3) is 11.4 Å². The quantitative estimate of drug-likeness (QED) is 0.767. The van der Waals surface area contributed by atoms with Gasteiger partial charge in [-0.2, -0.15) is 4.98 Å². The zero-order valence-corrected chi connectivity index (χ0v) is 11.7. The lowest BCUT2D eigenvalue weighted by Gasteiger charge is -2.01. The molecule has 0 aliphatic carbocycles. The molecule has 3 aromatic rings. The van der Waals surface area contributed by atoms with Crippen molar-refractivity contribution in [1.82, 2.24) is 25.1 Å². The van der Waals surface area contributed by atoms with Gasteiger partial charge in [-0.15, -0.1) is 5.10 Å². The van der Waals surface area contributed by atoms with Crippen LogP contribution in [0.5, 0.6) is 0 Å². The van der Waals surface area contributed by atoms with Crippen LogP contribution in [0.1, 0.15) is 31.0 Å². The van der Waals surface area contributed by atoms with Gasteiger partial charge >= 0.3 is 0 Å². The second-order valence-electron chi connectivity index (χ2n) is 4.73. The highest BCUT2D eigenvalue weighted by atomic mass is 16.5. The molecule has 0 saturated heterocycles. The minimum Gasteiger partial charge on any atom is -0.337 e. The Morgan fingerprint density at radius 3 is 2.86 bits per heavy atom. The standard InChI is InChI=1S/C14H16N6O/c1-2-11(15)12-8-20(19-17-12)9-13-16-14(18-21-13)10-6-4-3-5-7-10/h3-8,11H,2,9,15H2,1H3. The molecule has 0 saturated carbocycles. The SMILES string of the molecule is CCC(N)c1cn(Cc2nc(-c3ccccc3)no2)nn1. The summed E-state index contributed by atoms with van der Waals surface area (Å²) in [4.78, 5) is 4.35. The molecule has 1 atom stereocenters. The topological polar surface area (TPSA) is 95.7 Å². The first-order chi connectivity index (χ1) is 10.3. The minimum absolute atomic E-state index is 0.0960. The first-order valence-corrected chi connectivity index (χ1v) is 6.80. The molecule has 108 valence electrons. The van der Waals surface area contributed by atoms with E-state index in [9.17, 15) is 0 Å². The van der Waals surface area contributed by atoms with E-state index in [-0.39, 0.29) is 6.04 Å². The Bertz CT molecular complexity index is 705. The Balaban J connectivity index is 1.74. The molecule has 7 heteroatoms. The minimum atomic E-state index is -0.0960. The lowest BCUT2D eigenvalue weighted by atomic mass is 10.2. The molecule has 0 spiro atoms. The molecule has 7 nitrogen and oxygen atoms in total. The smallest absolute Gasteiger partial charge is 0.248 e. The normalized spacial score (nSPS) is 12.5. The van der Waals surface area contributed by atoms with E-state index in [4.69, 9.17) is 10.3 Å². The van der Waals surface area contributed by atoms with E-state index in [0.29, 0.717) is 18.3 Å². The van der Waals surface area contributed by atoms with Gasteiger partial charge in [-0.25, -0.2) is 4.68 Å². The van der Waals surface area contributed by atoms with Crippen molar-refractivity contribution in [2.45, 2.75) is 25.9 Å². The zero-order chi connectivity index (χ0) is 14.7. The molecular weight excluding hydrogens is 268 g/mol. The van der Waals surface area contributed by atoms with Crippen LogP contribution in [0.2, 0.25) is 0 Å². The highest BCUT2D eigenvalue weighted by Crippen LogP contribution is 2.15. The van der Waals surface area contributed by atoms with Gasteiger partial charge in [0.2, 0.25) is 11.7 Å². The summed E-state index contributed by atoms with van der Waals surface area (Å²) in [5, 5.41) is 12.0. The molecule has 1 aromatic carbocycles. The highest BCUT2D eigenvalue weighted by Gasteiger charge is 2.12. The van der Waals surface area contributed by atoms with Crippen LogP contribution in [0.15, 0.2) is 41.1 Å². The van der Waals surface area contributed by atoms with Gasteiger partial charge in [-0.1, -0.05) is 47.6 Å². The largest absolute Gasteiger partial charge is 0.337 e. The Labute approximate surface area is 121 Å². The molecule has 2 aromatic heterocycles. The van der Waals surface area contributed by atoms with Crippen LogP contribution in [-0.2, 0) is 6.54 Å². The van der Waals surface area contributed by atoms with Gasteiger partial charge in [-0.3, -0.25) is 0 Å². The zero-order valence-electron chi connectivity index (χ0n) is 11.7. The Hall–Kier alpha value is -2.54. The van der Waals surface area contributed by atoms with E-state index in [1.54, 1.807) is 10.9 Å². The van der Waals surface area contributed by atoms with Gasteiger partial charge in [-0.05, 0) is 6.42 Å². The monoisotopic (exact) mass is 284 g/mol. The fraction of sp³-hybridized carbons (Fsp3) is 0.286. The summed E-state index contributed by atoms with van der Waals surface area (Å²) in [6.45, 7) is 2.39. The van der Waals surface area contributed by atoms with Gasteiger partial charge in [0.25, 0.3) is 0 Å². The Morgan fingerprint density at radius 1 is 1.29 bits per heavy atom. The summed E-state index contributed by atoms with van der Waals surface area (Å²) in [5.41, 5.74) is 7.59. The number of hydrogen-bond donors (Lipinski definition) is 1. The summed E-state index contributed by atoms with van der Waals surface area (Å²) >= 11 is 0. The summed E-state index contributed by atoms with van der Waals surface area (Å²) in [5.74, 6) is 1.05. The van der Waals surface area contributed by atoms with Gasteiger partial charge in [0.05, 0.1) is 17.9 Å². The van der Waals surface area contributed by atoms with E-state index < -0.39 is 0 Å². The number of benzene rings is 1. The molecule has 2 heterocycles. The summed E-state index contributed by atoms with van der Waals surface area (Å²) in [7, 11) is 0. The third-order valence-corrected chi connectivity index (χ3v) is 3.17. The average molecular weight is 284 g/mol. The lowest BCUT2D eigenvalue weighted by Crippen LogP contribution is -2.08. The van der Waals surface area contributed by atoms with Crippen LogP contribution >= 0.6 is 0 Å². The van der Waals surface area contributed by atoms with Crippen molar-refractivity contribution in [2.24, 2.45) is 5.73 Å². The fourth-order valence-electron chi connectivity index (χ4n) is 1.93. The van der Waals surface area contributed by atoms with Crippen molar-refractivity contribution in [3.63, 3.8) is 0 Å². The van der Waals surface area contributed by atoms with Crippen LogP contribution in [0, 0.1) is 0 Å². The van der Waals surface area contributed by atoms with Gasteiger partial charge < -0.3 is 10.3 Å². The number of rotatable bonds is 5. The third-order valence-electron chi connectivity index (χ3n) is 3.17. The lowest BCUT2D eigenvalue weighted by molar-refractivity contribution is 0.364. The third kappa shape index (κ3) is 2.97. The van der Waals surface area contributed by atoms with Crippen LogP contribution < -0.4 is 5.73 Å². The van der Waals surface area contributed by atoms with E-state index in [0.717, 1.165) is 17.7 Å². The first kappa shape index (κ1) is 13.4. The van der Waals surface area contributed by atoms with Crippen LogP contribution in [-0.4, -0.2) is 25.1 Å². The molecule has 2 N–H and O–H groups in total. The van der Waals surface area contributed by atoms with E-state index in [1.807, 2.05) is 37.3 Å². The molecule has 0 aliphatic heterocycles. The van der Waals surface area contributed by atoms with Gasteiger partial charge in [0.15, 0.2) is 0 Å². The molecule has 0 radical (unpaired) electrons. The van der Waals surface area contributed by atoms with Crippen LogP contribution in [0.3, 0.4) is 0 Å². The van der Waals surface area contributed by atoms with Crippen molar-refractivity contribution >= 4 is 0 Å². The molecule has 0 amide bonds. The second-order valence-corrected chi connectivity index (χ2v) is 4.73. The fourth-order valence-corrected chi connectivity index (χ4v) is 1.93. The Kier molecular flexibility index (Phi) is 3.74. The highest BCUT2D eigenvalue weighted by molar-refractivity contribution is 5.53. The number of nitrogens with zero attached hydrogens (tertiary/aromatic N) is 5. The molecule has 0 fully saturated rings. The van der Waals surface area contributed by atoms with Crippen molar-refractivity contribution in [1.29, 1.82) is 0 Å². The van der Waals surface area contributed by atoms with Crippen LogP contribution in [0.4, 0.5) is 0 Å². The van der Waals surface area contributed by atoms with Crippen molar-refractivity contribution in [3.8, 4) is 11.4 Å². The molecule has 21 heavy (non-hydrogen) atoms. The average Bonchev–Trinajstić information content (AvgIpc) is 3.17. The van der Waals surface area contributed by atoms with Crippen molar-refractivity contribution in [3.05, 3.63) is 48.1 Å². The number of aromatic nitrogens is 5. The molecule has 1 unspecified atom stereocenters. The van der Waals surface area contributed by atoms with Gasteiger partial charge in [0, 0.05) is 5.56 Å². The van der Waals surface area contributed by atoms with E-state index in [1.165, 1.54) is 0 Å². The number of nitrogens with two attached hydrogens (primary N) is 1. The number of hydrogen-bond acceptors (Lipinski definition) is 6. The second kappa shape index (κ2) is 5.84. The van der Waals surface area contributed by atoms with Gasteiger partial charge in [0.1, 0.15) is 6.54 Å². The maximum atomic E-state index is 5.91. The van der Waals surface area contributed by atoms with E-state index >= 15 is 0 Å². The molecule has 3 rings (SSSR count). The summed E-state index contributed by atoms with van der Waals surface area (Å²) in [6.07, 6.45) is 2.62. The predicted octanol–water partition coefficient (Wildman–Crippen LogP) is 1.79. The molecule has 0 aliphatic rings. The van der Waals surface area contributed by atoms with Crippen molar-refractivity contribution in [2.75, 3.05) is 0 Å². The van der Waals surface area contributed by atoms with Crippen molar-refractivity contribution < 1.29 is 4.52 Å². The molecule has 0 bridgehead atoms. The molecular formula is C14H16N6O. The Morgan fingerprint density at radius 2 is 2.10 bits per heavy atom. The maximum absolute atomic E-state index is 5.91. The summed E-state index contributed by atoms with van der Waals surface area (Å²) < 4.78 is 6.88. The van der Waals surface area contributed by atoms with E-state index in [2.05, 4.69) is 20.5 Å². The first-order valence-electron chi connectivity index (χ1n) is 6.80. The summed E-state index contributed by atoms with van der Waals surface area (Å²) in [6, 6.07) is 9.58. The maximum Gasteiger partial charge on any atom is 0.248 e. The predicted molar refractivity (Wildman–Crippen MR) is 76.1 cm³/mol.